The summed E-state index contributed by atoms with van der Waals surface area (Å²) in [5.74, 6) is 0.331. The lowest BCUT2D eigenvalue weighted by Gasteiger charge is -2.19. The van der Waals surface area contributed by atoms with Gasteiger partial charge in [-0.05, 0) is 37.8 Å². The first-order chi connectivity index (χ1) is 9.43. The highest BCUT2D eigenvalue weighted by Crippen LogP contribution is 2.18. The average molecular weight is 280 g/mol. The van der Waals surface area contributed by atoms with Crippen molar-refractivity contribution < 1.29 is 9.18 Å². The molecule has 3 nitrogen and oxygen atoms in total. The lowest BCUT2D eigenvalue weighted by molar-refractivity contribution is -0.122. The van der Waals surface area contributed by atoms with Crippen molar-refractivity contribution in [1.82, 2.24) is 5.32 Å². The van der Waals surface area contributed by atoms with Crippen molar-refractivity contribution >= 4 is 5.91 Å². The zero-order chi connectivity index (χ0) is 15.1. The monoisotopic (exact) mass is 280 g/mol. The Bertz CT molecular complexity index is 434. The normalized spacial score (nSPS) is 14.1. The summed E-state index contributed by atoms with van der Waals surface area (Å²) in [6.07, 6.45) is 1.32. The van der Waals surface area contributed by atoms with Crippen LogP contribution in [0.2, 0.25) is 0 Å². The molecular formula is C16H25FN2O. The van der Waals surface area contributed by atoms with E-state index < -0.39 is 0 Å². The van der Waals surface area contributed by atoms with Crippen molar-refractivity contribution in [3.05, 3.63) is 35.6 Å². The van der Waals surface area contributed by atoms with E-state index in [0.717, 1.165) is 6.42 Å². The van der Waals surface area contributed by atoms with E-state index in [4.69, 9.17) is 5.73 Å². The molecule has 0 fully saturated rings. The second kappa shape index (κ2) is 8.00. The van der Waals surface area contributed by atoms with Gasteiger partial charge in [0.25, 0.3) is 0 Å². The van der Waals surface area contributed by atoms with Gasteiger partial charge >= 0.3 is 0 Å². The summed E-state index contributed by atoms with van der Waals surface area (Å²) in [5.41, 5.74) is 6.20. The van der Waals surface area contributed by atoms with Crippen LogP contribution in [0.25, 0.3) is 0 Å². The second-order valence-electron chi connectivity index (χ2n) is 5.75. The number of halogens is 1. The van der Waals surface area contributed by atoms with E-state index in [2.05, 4.69) is 19.2 Å². The minimum absolute atomic E-state index is 0.0724. The molecule has 0 aromatic heterocycles. The molecule has 2 atom stereocenters. The first kappa shape index (κ1) is 16.6. The molecule has 0 spiro atoms. The Morgan fingerprint density at radius 2 is 1.95 bits per heavy atom. The topological polar surface area (TPSA) is 55.1 Å². The quantitative estimate of drug-likeness (QED) is 0.806. The number of rotatable bonds is 7. The van der Waals surface area contributed by atoms with Crippen LogP contribution in [-0.2, 0) is 4.79 Å². The molecule has 0 heterocycles. The molecule has 3 N–H and O–H groups in total. The van der Waals surface area contributed by atoms with Crippen molar-refractivity contribution in [2.24, 2.45) is 17.6 Å². The molecule has 1 aromatic rings. The van der Waals surface area contributed by atoms with Gasteiger partial charge in [-0.15, -0.1) is 0 Å². The summed E-state index contributed by atoms with van der Waals surface area (Å²) in [6.45, 7) is 6.51. The Morgan fingerprint density at radius 3 is 2.50 bits per heavy atom. The van der Waals surface area contributed by atoms with Gasteiger partial charge in [-0.1, -0.05) is 32.0 Å². The number of hydrogen-bond acceptors (Lipinski definition) is 2. The molecule has 0 radical (unpaired) electrons. The number of benzene rings is 1. The van der Waals surface area contributed by atoms with Crippen LogP contribution >= 0.6 is 0 Å². The first-order valence-corrected chi connectivity index (χ1v) is 7.17. The Balaban J connectivity index is 2.55. The van der Waals surface area contributed by atoms with Gasteiger partial charge in [0.05, 0.1) is 6.04 Å². The van der Waals surface area contributed by atoms with Gasteiger partial charge in [0.2, 0.25) is 5.91 Å². The molecule has 0 bridgehead atoms. The lowest BCUT2D eigenvalue weighted by Crippen LogP contribution is -2.31. The smallest absolute Gasteiger partial charge is 0.220 e. The Hall–Kier alpha value is -1.42. The zero-order valence-electron chi connectivity index (χ0n) is 12.5. The lowest BCUT2D eigenvalue weighted by atomic mass is 9.94. The van der Waals surface area contributed by atoms with Crippen molar-refractivity contribution in [3.8, 4) is 0 Å². The van der Waals surface area contributed by atoms with Crippen molar-refractivity contribution in [3.63, 3.8) is 0 Å². The van der Waals surface area contributed by atoms with E-state index in [0.29, 0.717) is 24.4 Å². The van der Waals surface area contributed by atoms with Crippen LogP contribution in [0.3, 0.4) is 0 Å². The number of carbonyl (C=O) groups is 1. The molecule has 1 aromatic carbocycles. The maximum absolute atomic E-state index is 13.6. The van der Waals surface area contributed by atoms with Crippen LogP contribution < -0.4 is 11.1 Å². The molecule has 0 saturated carbocycles. The molecule has 4 heteroatoms. The minimum Gasteiger partial charge on any atom is -0.349 e. The van der Waals surface area contributed by atoms with E-state index in [-0.39, 0.29) is 23.7 Å². The van der Waals surface area contributed by atoms with Crippen LogP contribution in [-0.4, -0.2) is 12.5 Å². The Labute approximate surface area is 120 Å². The third-order valence-electron chi connectivity index (χ3n) is 3.36. The highest BCUT2D eigenvalue weighted by atomic mass is 19.1. The van der Waals surface area contributed by atoms with Crippen molar-refractivity contribution in [2.75, 3.05) is 6.54 Å². The summed E-state index contributed by atoms with van der Waals surface area (Å²) in [7, 11) is 0. The number of nitrogens with two attached hydrogens (primary N) is 1. The first-order valence-electron chi connectivity index (χ1n) is 7.17. The van der Waals surface area contributed by atoms with E-state index in [1.807, 2.05) is 0 Å². The molecule has 0 aliphatic rings. The summed E-state index contributed by atoms with van der Waals surface area (Å²) >= 11 is 0. The molecule has 1 unspecified atom stereocenters. The van der Waals surface area contributed by atoms with E-state index in [1.54, 1.807) is 25.1 Å². The van der Waals surface area contributed by atoms with Gasteiger partial charge in [-0.25, -0.2) is 4.39 Å². The van der Waals surface area contributed by atoms with Gasteiger partial charge < -0.3 is 11.1 Å². The molecule has 1 amide bonds. The highest BCUT2D eigenvalue weighted by Gasteiger charge is 2.17. The maximum Gasteiger partial charge on any atom is 0.220 e. The molecule has 20 heavy (non-hydrogen) atoms. The van der Waals surface area contributed by atoms with Crippen molar-refractivity contribution in [2.45, 2.75) is 39.7 Å². The molecule has 0 saturated heterocycles. The fraction of sp³-hybridized carbons (Fsp3) is 0.562. The van der Waals surface area contributed by atoms with Gasteiger partial charge in [0.1, 0.15) is 5.82 Å². The van der Waals surface area contributed by atoms with Crippen LogP contribution in [0, 0.1) is 17.7 Å². The third-order valence-corrected chi connectivity index (χ3v) is 3.36. The van der Waals surface area contributed by atoms with E-state index in [9.17, 15) is 9.18 Å². The van der Waals surface area contributed by atoms with Crippen LogP contribution in [0.5, 0.6) is 0 Å². The summed E-state index contributed by atoms with van der Waals surface area (Å²) in [4.78, 5) is 12.0. The van der Waals surface area contributed by atoms with Gasteiger partial charge in [0, 0.05) is 12.0 Å². The molecule has 0 aliphatic carbocycles. The minimum atomic E-state index is -0.332. The molecule has 0 aliphatic heterocycles. The number of nitrogens with one attached hydrogen (secondary N) is 1. The molecular weight excluding hydrogens is 255 g/mol. The largest absolute Gasteiger partial charge is 0.349 e. The summed E-state index contributed by atoms with van der Waals surface area (Å²) in [5, 5.41) is 2.84. The summed E-state index contributed by atoms with van der Waals surface area (Å²) < 4.78 is 13.6. The fourth-order valence-corrected chi connectivity index (χ4v) is 2.40. The summed E-state index contributed by atoms with van der Waals surface area (Å²) in [6, 6.07) is 6.17. The molecule has 1 rings (SSSR count). The number of carbonyl (C=O) groups excluding carboxylic acids is 1. The SMILES string of the molecule is CC(C)C[C@H](CN)CC(=O)NC(C)c1ccccc1F. The Morgan fingerprint density at radius 1 is 1.30 bits per heavy atom. The Kier molecular flexibility index (Phi) is 6.65. The second-order valence-corrected chi connectivity index (χ2v) is 5.75. The highest BCUT2D eigenvalue weighted by molar-refractivity contribution is 5.76. The van der Waals surface area contributed by atoms with Crippen LogP contribution in [0.4, 0.5) is 4.39 Å². The van der Waals surface area contributed by atoms with Crippen molar-refractivity contribution in [1.29, 1.82) is 0 Å². The van der Waals surface area contributed by atoms with E-state index in [1.165, 1.54) is 6.07 Å². The van der Waals surface area contributed by atoms with Crippen LogP contribution in [0.1, 0.15) is 45.2 Å². The van der Waals surface area contributed by atoms with Crippen LogP contribution in [0.15, 0.2) is 24.3 Å². The number of amides is 1. The fourth-order valence-electron chi connectivity index (χ4n) is 2.40. The van der Waals surface area contributed by atoms with Gasteiger partial charge in [-0.2, -0.15) is 0 Å². The predicted octanol–water partition coefficient (Wildman–Crippen LogP) is 3.01. The maximum atomic E-state index is 13.6. The van der Waals surface area contributed by atoms with E-state index >= 15 is 0 Å². The zero-order valence-corrected chi connectivity index (χ0v) is 12.5. The predicted molar refractivity (Wildman–Crippen MR) is 79.6 cm³/mol. The van der Waals surface area contributed by atoms with Gasteiger partial charge in [0.15, 0.2) is 0 Å². The average Bonchev–Trinajstić information content (AvgIpc) is 2.37. The standard InChI is InChI=1S/C16H25FN2O/c1-11(2)8-13(10-18)9-16(20)19-12(3)14-6-4-5-7-15(14)17/h4-7,11-13H,8-10,18H2,1-3H3,(H,19,20)/t12?,13-/m0/s1. The third kappa shape index (κ3) is 5.29. The number of hydrogen-bond donors (Lipinski definition) is 2. The van der Waals surface area contributed by atoms with Gasteiger partial charge in [-0.3, -0.25) is 4.79 Å². The molecule has 112 valence electrons.